The monoisotopic (exact) mass is 220 g/mol. The third-order valence-electron chi connectivity index (χ3n) is 2.79. The molecule has 1 N–H and O–H groups in total. The number of hydrogen-bond donors (Lipinski definition) is 1. The van der Waals surface area contributed by atoms with Gasteiger partial charge in [-0.1, -0.05) is 31.2 Å². The lowest BCUT2D eigenvalue weighted by molar-refractivity contribution is 0.339. The van der Waals surface area contributed by atoms with Crippen LogP contribution >= 0.6 is 0 Å². The van der Waals surface area contributed by atoms with Crippen LogP contribution in [0.15, 0.2) is 24.3 Å². The second-order valence-corrected chi connectivity index (χ2v) is 4.40. The highest BCUT2D eigenvalue weighted by atomic mass is 15.1. The van der Waals surface area contributed by atoms with E-state index in [9.17, 15) is 0 Å². The summed E-state index contributed by atoms with van der Waals surface area (Å²) in [6.45, 7) is 5.52. The third-order valence-corrected chi connectivity index (χ3v) is 2.79. The fourth-order valence-electron chi connectivity index (χ4n) is 1.84. The molecule has 0 aliphatic rings. The van der Waals surface area contributed by atoms with Crippen LogP contribution in [0.2, 0.25) is 0 Å². The molecule has 0 aliphatic carbocycles. The van der Waals surface area contributed by atoms with Gasteiger partial charge in [0.05, 0.1) is 0 Å². The molecule has 0 heterocycles. The Hall–Kier alpha value is -0.860. The van der Waals surface area contributed by atoms with E-state index in [0.29, 0.717) is 0 Å². The minimum atomic E-state index is 0.954. The topological polar surface area (TPSA) is 15.3 Å². The number of nitrogens with one attached hydrogen (secondary N) is 1. The number of benzene rings is 1. The lowest BCUT2D eigenvalue weighted by atomic mass is 10.1. The Morgan fingerprint density at radius 1 is 1.06 bits per heavy atom. The first-order valence-corrected chi connectivity index (χ1v) is 6.17. The van der Waals surface area contributed by atoms with E-state index in [4.69, 9.17) is 0 Å². The van der Waals surface area contributed by atoms with Gasteiger partial charge >= 0.3 is 0 Å². The van der Waals surface area contributed by atoms with E-state index in [2.05, 4.69) is 48.5 Å². The van der Waals surface area contributed by atoms with Gasteiger partial charge in [-0.25, -0.2) is 0 Å². The minimum Gasteiger partial charge on any atom is -0.316 e. The van der Waals surface area contributed by atoms with Crippen LogP contribution in [0, 0.1) is 0 Å². The van der Waals surface area contributed by atoms with E-state index < -0.39 is 0 Å². The summed E-state index contributed by atoms with van der Waals surface area (Å²) in [5, 5.41) is 3.16. The standard InChI is InChI=1S/C14H24N2/c1-4-10-16(3)11-9-13-5-7-14(8-6-13)12-15-2/h5-8,15H,4,9-12H2,1-3H3. The summed E-state index contributed by atoms with van der Waals surface area (Å²) in [6, 6.07) is 8.91. The maximum Gasteiger partial charge on any atom is 0.0202 e. The molecule has 0 spiro atoms. The Labute approximate surface area is 99.7 Å². The quantitative estimate of drug-likeness (QED) is 0.758. The molecule has 1 aromatic rings. The maximum absolute atomic E-state index is 3.16. The molecule has 1 aromatic carbocycles. The zero-order valence-electron chi connectivity index (χ0n) is 10.8. The normalized spacial score (nSPS) is 11.0. The van der Waals surface area contributed by atoms with E-state index in [-0.39, 0.29) is 0 Å². The predicted octanol–water partition coefficient (Wildman–Crippen LogP) is 2.29. The van der Waals surface area contributed by atoms with Crippen LogP contribution in [0.4, 0.5) is 0 Å². The van der Waals surface area contributed by atoms with Crippen LogP contribution in [0.3, 0.4) is 0 Å². The van der Waals surface area contributed by atoms with Crippen molar-refractivity contribution >= 4 is 0 Å². The Kier molecular flexibility index (Phi) is 6.12. The Balaban J connectivity index is 2.37. The van der Waals surface area contributed by atoms with Crippen LogP contribution in [0.1, 0.15) is 24.5 Å². The van der Waals surface area contributed by atoms with E-state index in [1.165, 1.54) is 24.1 Å². The molecular weight excluding hydrogens is 196 g/mol. The van der Waals surface area contributed by atoms with Crippen molar-refractivity contribution in [2.24, 2.45) is 0 Å². The van der Waals surface area contributed by atoms with Crippen molar-refractivity contribution in [3.8, 4) is 0 Å². The van der Waals surface area contributed by atoms with Gasteiger partial charge in [0.2, 0.25) is 0 Å². The van der Waals surface area contributed by atoms with Crippen molar-refractivity contribution in [3.05, 3.63) is 35.4 Å². The lowest BCUT2D eigenvalue weighted by Gasteiger charge is -2.15. The van der Waals surface area contributed by atoms with Crippen molar-refractivity contribution in [1.29, 1.82) is 0 Å². The van der Waals surface area contributed by atoms with E-state index in [1.807, 2.05) is 7.05 Å². The highest BCUT2D eigenvalue weighted by Crippen LogP contribution is 2.05. The zero-order chi connectivity index (χ0) is 11.8. The van der Waals surface area contributed by atoms with Crippen molar-refractivity contribution in [3.63, 3.8) is 0 Å². The molecule has 2 heteroatoms. The van der Waals surface area contributed by atoms with Crippen LogP contribution < -0.4 is 5.32 Å². The highest BCUT2D eigenvalue weighted by Gasteiger charge is 1.98. The average molecular weight is 220 g/mol. The molecule has 0 bridgehead atoms. The fraction of sp³-hybridized carbons (Fsp3) is 0.571. The molecule has 0 aromatic heterocycles. The Morgan fingerprint density at radius 2 is 1.69 bits per heavy atom. The Morgan fingerprint density at radius 3 is 2.25 bits per heavy atom. The van der Waals surface area contributed by atoms with Gasteiger partial charge in [0, 0.05) is 13.1 Å². The number of rotatable bonds is 7. The largest absolute Gasteiger partial charge is 0.316 e. The molecule has 16 heavy (non-hydrogen) atoms. The van der Waals surface area contributed by atoms with Gasteiger partial charge < -0.3 is 10.2 Å². The van der Waals surface area contributed by atoms with E-state index in [1.54, 1.807) is 0 Å². The van der Waals surface area contributed by atoms with Crippen LogP contribution in [-0.2, 0) is 13.0 Å². The predicted molar refractivity (Wildman–Crippen MR) is 70.7 cm³/mol. The average Bonchev–Trinajstić information content (AvgIpc) is 2.29. The molecule has 2 nitrogen and oxygen atoms in total. The number of hydrogen-bond acceptors (Lipinski definition) is 2. The third kappa shape index (κ3) is 4.77. The first-order chi connectivity index (χ1) is 7.76. The molecule has 0 saturated heterocycles. The Bertz CT molecular complexity index is 279. The van der Waals surface area contributed by atoms with Crippen molar-refractivity contribution < 1.29 is 0 Å². The van der Waals surface area contributed by atoms with Gasteiger partial charge in [-0.2, -0.15) is 0 Å². The first kappa shape index (κ1) is 13.2. The molecular formula is C14H24N2. The summed E-state index contributed by atoms with van der Waals surface area (Å²) < 4.78 is 0. The summed E-state index contributed by atoms with van der Waals surface area (Å²) in [5.74, 6) is 0. The van der Waals surface area contributed by atoms with E-state index >= 15 is 0 Å². The van der Waals surface area contributed by atoms with Gasteiger partial charge in [0.1, 0.15) is 0 Å². The second kappa shape index (κ2) is 7.42. The molecule has 90 valence electrons. The smallest absolute Gasteiger partial charge is 0.0202 e. The van der Waals surface area contributed by atoms with Gasteiger partial charge in [0.25, 0.3) is 0 Å². The fourth-order valence-corrected chi connectivity index (χ4v) is 1.84. The lowest BCUT2D eigenvalue weighted by Crippen LogP contribution is -2.21. The summed E-state index contributed by atoms with van der Waals surface area (Å²) in [5.41, 5.74) is 2.79. The van der Waals surface area contributed by atoms with Gasteiger partial charge in [-0.3, -0.25) is 0 Å². The van der Waals surface area contributed by atoms with Crippen LogP contribution in [0.5, 0.6) is 0 Å². The zero-order valence-corrected chi connectivity index (χ0v) is 10.8. The molecule has 0 aliphatic heterocycles. The van der Waals surface area contributed by atoms with Crippen molar-refractivity contribution in [2.75, 3.05) is 27.2 Å². The summed E-state index contributed by atoms with van der Waals surface area (Å²) in [7, 11) is 4.17. The number of likely N-dealkylation sites (N-methyl/N-ethyl adjacent to an activating group) is 1. The van der Waals surface area contributed by atoms with Crippen LogP contribution in [0.25, 0.3) is 0 Å². The number of nitrogens with zero attached hydrogens (tertiary/aromatic N) is 1. The highest BCUT2D eigenvalue weighted by molar-refractivity contribution is 5.22. The van der Waals surface area contributed by atoms with Gasteiger partial charge in [-0.15, -0.1) is 0 Å². The molecule has 0 fully saturated rings. The molecule has 0 amide bonds. The van der Waals surface area contributed by atoms with Crippen LogP contribution in [-0.4, -0.2) is 32.1 Å². The van der Waals surface area contributed by atoms with Crippen molar-refractivity contribution in [2.45, 2.75) is 26.3 Å². The molecule has 0 saturated carbocycles. The molecule has 1 rings (SSSR count). The second-order valence-electron chi connectivity index (χ2n) is 4.40. The summed E-state index contributed by atoms with van der Waals surface area (Å²) in [6.07, 6.45) is 2.38. The summed E-state index contributed by atoms with van der Waals surface area (Å²) >= 11 is 0. The molecule has 0 radical (unpaired) electrons. The summed E-state index contributed by atoms with van der Waals surface area (Å²) in [4.78, 5) is 2.39. The maximum atomic E-state index is 3.16. The van der Waals surface area contributed by atoms with Crippen molar-refractivity contribution in [1.82, 2.24) is 10.2 Å². The molecule has 0 unspecified atom stereocenters. The molecule has 0 atom stereocenters. The SMILES string of the molecule is CCCN(C)CCc1ccc(CNC)cc1. The van der Waals surface area contributed by atoms with Gasteiger partial charge in [-0.05, 0) is 44.6 Å². The first-order valence-electron chi connectivity index (χ1n) is 6.17. The van der Waals surface area contributed by atoms with Gasteiger partial charge in [0.15, 0.2) is 0 Å². The van der Waals surface area contributed by atoms with E-state index in [0.717, 1.165) is 19.5 Å². The minimum absolute atomic E-state index is 0.954.